The van der Waals surface area contributed by atoms with Crippen LogP contribution in [0.4, 0.5) is 0 Å². The molecule has 20 heavy (non-hydrogen) atoms. The summed E-state index contributed by atoms with van der Waals surface area (Å²) in [6, 6.07) is 0. The fraction of sp³-hybridized carbons (Fsp3) is 0.688. The van der Waals surface area contributed by atoms with Crippen molar-refractivity contribution in [2.75, 3.05) is 5.75 Å². The van der Waals surface area contributed by atoms with Crippen LogP contribution in [0.5, 0.6) is 5.75 Å². The second-order valence-electron chi connectivity index (χ2n) is 5.17. The molecule has 1 rings (SSSR count). The maximum Gasteiger partial charge on any atom is 0.142 e. The summed E-state index contributed by atoms with van der Waals surface area (Å²) in [6.07, 6.45) is 9.65. The fourth-order valence-corrected chi connectivity index (χ4v) is 3.17. The molecule has 0 atom stereocenters. The van der Waals surface area contributed by atoms with E-state index in [-0.39, 0.29) is 12.4 Å². The second kappa shape index (κ2) is 10.1. The van der Waals surface area contributed by atoms with E-state index in [9.17, 15) is 10.2 Å². The van der Waals surface area contributed by atoms with Gasteiger partial charge in [0, 0.05) is 17.5 Å². The minimum Gasteiger partial charge on any atom is -0.506 e. The number of aromatic hydroxyl groups is 1. The lowest BCUT2D eigenvalue weighted by molar-refractivity contribution is 0.274. The minimum absolute atomic E-state index is 0.123. The molecule has 114 valence electrons. The summed E-state index contributed by atoms with van der Waals surface area (Å²) in [5, 5.41) is 19.2. The van der Waals surface area contributed by atoms with Crippen LogP contribution in [-0.2, 0) is 12.4 Å². The summed E-state index contributed by atoms with van der Waals surface area (Å²) in [7, 11) is 0. The van der Waals surface area contributed by atoms with Gasteiger partial charge in [0.1, 0.15) is 5.75 Å². The largest absolute Gasteiger partial charge is 0.506 e. The number of aromatic nitrogens is 1. The van der Waals surface area contributed by atoms with Crippen LogP contribution in [0.2, 0.25) is 0 Å². The molecule has 0 aliphatic heterocycles. The third-order valence-electron chi connectivity index (χ3n) is 3.49. The molecule has 1 heterocycles. The van der Waals surface area contributed by atoms with Crippen LogP contribution in [0.3, 0.4) is 0 Å². The summed E-state index contributed by atoms with van der Waals surface area (Å²) in [6.45, 7) is 3.86. The molecule has 2 N–H and O–H groups in total. The molecule has 4 heteroatoms. The molecular weight excluding hydrogens is 270 g/mol. The zero-order chi connectivity index (χ0) is 14.8. The molecule has 0 spiro atoms. The molecule has 0 amide bonds. The first-order valence-corrected chi connectivity index (χ1v) is 8.71. The topological polar surface area (TPSA) is 53.4 Å². The lowest BCUT2D eigenvalue weighted by Gasteiger charge is -2.10. The Kier molecular flexibility index (Phi) is 8.70. The fourth-order valence-electron chi connectivity index (χ4n) is 2.15. The molecule has 1 aromatic rings. The van der Waals surface area contributed by atoms with Gasteiger partial charge < -0.3 is 10.2 Å². The highest BCUT2D eigenvalue weighted by Crippen LogP contribution is 2.26. The molecule has 0 bridgehead atoms. The first kappa shape index (κ1) is 17.3. The van der Waals surface area contributed by atoms with Gasteiger partial charge in [-0.3, -0.25) is 4.98 Å². The van der Waals surface area contributed by atoms with Gasteiger partial charge >= 0.3 is 0 Å². The number of hydrogen-bond acceptors (Lipinski definition) is 4. The van der Waals surface area contributed by atoms with Crippen LogP contribution in [0.25, 0.3) is 0 Å². The lowest BCUT2D eigenvalue weighted by atomic mass is 10.1. The molecule has 0 aliphatic carbocycles. The normalized spacial score (nSPS) is 10.9. The van der Waals surface area contributed by atoms with E-state index in [1.165, 1.54) is 38.5 Å². The maximum atomic E-state index is 9.87. The van der Waals surface area contributed by atoms with Crippen molar-refractivity contribution in [2.45, 2.75) is 64.7 Å². The van der Waals surface area contributed by atoms with Crippen LogP contribution < -0.4 is 0 Å². The van der Waals surface area contributed by atoms with Crippen molar-refractivity contribution < 1.29 is 10.2 Å². The van der Waals surface area contributed by atoms with Crippen molar-refractivity contribution in [1.29, 1.82) is 0 Å². The van der Waals surface area contributed by atoms with Crippen LogP contribution in [0.15, 0.2) is 6.20 Å². The average molecular weight is 297 g/mol. The summed E-state index contributed by atoms with van der Waals surface area (Å²) >= 11 is 1.85. The zero-order valence-electron chi connectivity index (χ0n) is 12.7. The third kappa shape index (κ3) is 5.71. The van der Waals surface area contributed by atoms with Gasteiger partial charge in [-0.05, 0) is 24.7 Å². The number of aliphatic hydroxyl groups excluding tert-OH is 1. The van der Waals surface area contributed by atoms with E-state index in [0.29, 0.717) is 11.3 Å². The van der Waals surface area contributed by atoms with Gasteiger partial charge in [-0.15, -0.1) is 0 Å². The molecule has 0 aromatic carbocycles. The number of hydrogen-bond donors (Lipinski definition) is 2. The highest BCUT2D eigenvalue weighted by Gasteiger charge is 2.10. The van der Waals surface area contributed by atoms with Crippen molar-refractivity contribution in [3.63, 3.8) is 0 Å². The summed E-state index contributed by atoms with van der Waals surface area (Å²) < 4.78 is 0. The van der Waals surface area contributed by atoms with E-state index in [4.69, 9.17) is 0 Å². The smallest absolute Gasteiger partial charge is 0.142 e. The van der Waals surface area contributed by atoms with Gasteiger partial charge in [-0.25, -0.2) is 0 Å². The first-order chi connectivity index (χ1) is 9.70. The van der Waals surface area contributed by atoms with Crippen molar-refractivity contribution in [3.05, 3.63) is 23.0 Å². The van der Waals surface area contributed by atoms with Gasteiger partial charge in [0.2, 0.25) is 0 Å². The van der Waals surface area contributed by atoms with Crippen LogP contribution >= 0.6 is 11.8 Å². The number of rotatable bonds is 10. The minimum atomic E-state index is -0.123. The Morgan fingerprint density at radius 3 is 2.55 bits per heavy atom. The van der Waals surface area contributed by atoms with Crippen molar-refractivity contribution in [1.82, 2.24) is 4.98 Å². The number of aryl methyl sites for hydroxylation is 1. The Labute approximate surface area is 126 Å². The number of unbranched alkanes of at least 4 members (excludes halogenated alkanes) is 5. The van der Waals surface area contributed by atoms with Crippen LogP contribution in [0, 0.1) is 6.92 Å². The summed E-state index contributed by atoms with van der Waals surface area (Å²) in [5.41, 5.74) is 2.17. The van der Waals surface area contributed by atoms with Gasteiger partial charge in [-0.2, -0.15) is 11.8 Å². The number of thioether (sulfide) groups is 1. The highest BCUT2D eigenvalue weighted by molar-refractivity contribution is 7.98. The Bertz CT molecular complexity index is 396. The molecule has 3 nitrogen and oxygen atoms in total. The van der Waals surface area contributed by atoms with E-state index in [1.54, 1.807) is 13.1 Å². The lowest BCUT2D eigenvalue weighted by Crippen LogP contribution is -1.98. The van der Waals surface area contributed by atoms with E-state index in [2.05, 4.69) is 11.9 Å². The van der Waals surface area contributed by atoms with Gasteiger partial charge in [0.25, 0.3) is 0 Å². The van der Waals surface area contributed by atoms with Gasteiger partial charge in [0.05, 0.1) is 12.3 Å². The van der Waals surface area contributed by atoms with Crippen molar-refractivity contribution in [3.8, 4) is 5.75 Å². The van der Waals surface area contributed by atoms with E-state index in [1.807, 2.05) is 11.8 Å². The highest BCUT2D eigenvalue weighted by atomic mass is 32.2. The Morgan fingerprint density at radius 2 is 1.85 bits per heavy atom. The Morgan fingerprint density at radius 1 is 1.15 bits per heavy atom. The van der Waals surface area contributed by atoms with E-state index < -0.39 is 0 Å². The van der Waals surface area contributed by atoms with Crippen LogP contribution in [0.1, 0.15) is 62.3 Å². The molecular formula is C16H27NO2S. The standard InChI is InChI=1S/C16H27NO2S/c1-3-4-5-6-7-8-9-20-12-14-10-17-13(2)16(19)15(14)11-18/h10,18-19H,3-9,11-12H2,1-2H3. The monoisotopic (exact) mass is 297 g/mol. The van der Waals surface area contributed by atoms with Gasteiger partial charge in [-0.1, -0.05) is 39.0 Å². The van der Waals surface area contributed by atoms with Gasteiger partial charge in [0.15, 0.2) is 0 Å². The molecule has 1 aromatic heterocycles. The quantitative estimate of drug-likeness (QED) is 0.636. The predicted octanol–water partition coefficient (Wildman–Crippen LogP) is 4.18. The van der Waals surface area contributed by atoms with Crippen LogP contribution in [-0.4, -0.2) is 20.9 Å². The zero-order valence-corrected chi connectivity index (χ0v) is 13.5. The molecule has 0 saturated heterocycles. The predicted molar refractivity (Wildman–Crippen MR) is 86.1 cm³/mol. The number of aliphatic hydroxyl groups is 1. The van der Waals surface area contributed by atoms with Crippen molar-refractivity contribution >= 4 is 11.8 Å². The Balaban J connectivity index is 2.27. The molecule has 0 saturated carbocycles. The van der Waals surface area contributed by atoms with Crippen molar-refractivity contribution in [2.24, 2.45) is 0 Å². The SMILES string of the molecule is CCCCCCCCSCc1cnc(C)c(O)c1CO. The molecule has 0 aliphatic rings. The summed E-state index contributed by atoms with van der Waals surface area (Å²) in [5.74, 6) is 2.09. The molecule has 0 radical (unpaired) electrons. The van der Waals surface area contributed by atoms with E-state index >= 15 is 0 Å². The molecule has 0 unspecified atom stereocenters. The Hall–Kier alpha value is -0.740. The molecule has 0 fully saturated rings. The van der Waals surface area contributed by atoms with E-state index in [0.717, 1.165) is 17.1 Å². The number of nitrogens with zero attached hydrogens (tertiary/aromatic N) is 1. The summed E-state index contributed by atoms with van der Waals surface area (Å²) in [4.78, 5) is 4.16. The first-order valence-electron chi connectivity index (χ1n) is 7.55. The third-order valence-corrected chi connectivity index (χ3v) is 4.58. The average Bonchev–Trinajstić information content (AvgIpc) is 2.45. The number of pyridine rings is 1. The maximum absolute atomic E-state index is 9.87. The second-order valence-corrected chi connectivity index (χ2v) is 6.28.